The summed E-state index contributed by atoms with van der Waals surface area (Å²) < 4.78 is 11.7. The molecule has 1 aliphatic heterocycles. The zero-order valence-electron chi connectivity index (χ0n) is 11.7. The molecule has 0 bridgehead atoms. The molecule has 0 fully saturated rings. The van der Waals surface area contributed by atoms with Crippen LogP contribution in [-0.2, 0) is 6.42 Å². The van der Waals surface area contributed by atoms with Gasteiger partial charge in [0.15, 0.2) is 11.5 Å². The maximum absolute atomic E-state index is 8.96. The van der Waals surface area contributed by atoms with Crippen LogP contribution in [0.1, 0.15) is 25.0 Å². The predicted molar refractivity (Wildman–Crippen MR) is 78.9 cm³/mol. The number of aromatic nitrogens is 1. The van der Waals surface area contributed by atoms with E-state index in [4.69, 9.17) is 26.3 Å². The number of halogens is 1. The van der Waals surface area contributed by atoms with Crippen LogP contribution in [0.3, 0.4) is 0 Å². The first-order chi connectivity index (χ1) is 9.97. The molecule has 0 aliphatic carbocycles. The fraction of sp³-hybridized carbons (Fsp3) is 0.250. The Hall–Kier alpha value is -2.25. The van der Waals surface area contributed by atoms with E-state index in [1.165, 1.54) is 6.07 Å². The van der Waals surface area contributed by atoms with Gasteiger partial charge in [-0.3, -0.25) is 0 Å². The molecule has 0 N–H and O–H groups in total. The molecule has 1 aromatic heterocycles. The second-order valence-corrected chi connectivity index (χ2v) is 5.90. The fourth-order valence-corrected chi connectivity index (χ4v) is 2.57. The van der Waals surface area contributed by atoms with Gasteiger partial charge >= 0.3 is 0 Å². The van der Waals surface area contributed by atoms with Crippen LogP contribution in [0, 0.1) is 11.3 Å². The van der Waals surface area contributed by atoms with Crippen molar-refractivity contribution in [2.24, 2.45) is 0 Å². The van der Waals surface area contributed by atoms with Crippen LogP contribution in [0.15, 0.2) is 30.3 Å². The number of benzene rings is 1. The molecule has 2 aromatic rings. The van der Waals surface area contributed by atoms with Crippen LogP contribution >= 0.6 is 11.6 Å². The second kappa shape index (κ2) is 4.94. The van der Waals surface area contributed by atoms with Gasteiger partial charge in [0, 0.05) is 18.1 Å². The van der Waals surface area contributed by atoms with Gasteiger partial charge in [-0.25, -0.2) is 4.98 Å². The van der Waals surface area contributed by atoms with Gasteiger partial charge in [0.05, 0.1) is 11.6 Å². The summed E-state index contributed by atoms with van der Waals surface area (Å²) in [4.78, 5) is 4.08. The van der Waals surface area contributed by atoms with E-state index in [1.807, 2.05) is 38.1 Å². The zero-order valence-corrected chi connectivity index (χ0v) is 12.4. The fourth-order valence-electron chi connectivity index (χ4n) is 2.37. The molecule has 0 saturated heterocycles. The number of hydrogen-bond acceptors (Lipinski definition) is 4. The molecule has 0 spiro atoms. The van der Waals surface area contributed by atoms with Crippen LogP contribution in [0.5, 0.6) is 17.4 Å². The lowest BCUT2D eigenvalue weighted by Crippen LogP contribution is -2.24. The number of para-hydroxylation sites is 1. The van der Waals surface area contributed by atoms with Crippen molar-refractivity contribution in [3.05, 3.63) is 46.6 Å². The van der Waals surface area contributed by atoms with E-state index in [9.17, 15) is 0 Å². The van der Waals surface area contributed by atoms with Gasteiger partial charge in [0.1, 0.15) is 10.8 Å². The normalized spacial score (nSPS) is 15.0. The molecule has 0 saturated carbocycles. The molecular weight excluding hydrogens is 288 g/mol. The van der Waals surface area contributed by atoms with Crippen LogP contribution in [-0.4, -0.2) is 10.6 Å². The topological polar surface area (TPSA) is 55.1 Å². The second-order valence-electron chi connectivity index (χ2n) is 5.51. The molecule has 0 radical (unpaired) electrons. The Labute approximate surface area is 127 Å². The number of nitrogens with zero attached hydrogens (tertiary/aromatic N) is 2. The average Bonchev–Trinajstić information content (AvgIpc) is 2.73. The summed E-state index contributed by atoms with van der Waals surface area (Å²) in [5.41, 5.74) is 1.25. The van der Waals surface area contributed by atoms with E-state index < -0.39 is 0 Å². The maximum atomic E-state index is 8.96. The van der Waals surface area contributed by atoms with Crippen molar-refractivity contribution in [2.45, 2.75) is 25.9 Å². The summed E-state index contributed by atoms with van der Waals surface area (Å²) in [5, 5.41) is 9.18. The highest BCUT2D eigenvalue weighted by Crippen LogP contribution is 2.43. The Morgan fingerprint density at radius 3 is 2.95 bits per heavy atom. The van der Waals surface area contributed by atoms with Crippen LogP contribution in [0.4, 0.5) is 0 Å². The highest BCUT2D eigenvalue weighted by Gasteiger charge is 2.32. The van der Waals surface area contributed by atoms with Crippen LogP contribution < -0.4 is 9.47 Å². The Balaban J connectivity index is 1.96. The van der Waals surface area contributed by atoms with Crippen molar-refractivity contribution in [3.8, 4) is 23.4 Å². The molecule has 1 aliphatic rings. The number of pyridine rings is 1. The standard InChI is InChI=1S/C16H13ClN2O2/c1-16(2)8-11-4-3-5-12(15(11)21-16)20-14-7-10(9-18)6-13(17)19-14/h3-7H,8H2,1-2H3. The first-order valence-corrected chi connectivity index (χ1v) is 6.91. The summed E-state index contributed by atoms with van der Waals surface area (Å²) in [7, 11) is 0. The predicted octanol–water partition coefficient (Wildman–Crippen LogP) is 4.11. The number of nitriles is 1. The quantitative estimate of drug-likeness (QED) is 0.783. The molecular formula is C16H13ClN2O2. The Morgan fingerprint density at radius 1 is 1.38 bits per heavy atom. The van der Waals surface area contributed by atoms with Crippen molar-refractivity contribution < 1.29 is 9.47 Å². The minimum atomic E-state index is -0.249. The monoisotopic (exact) mass is 300 g/mol. The van der Waals surface area contributed by atoms with E-state index in [2.05, 4.69) is 4.98 Å². The third kappa shape index (κ3) is 2.79. The van der Waals surface area contributed by atoms with Crippen LogP contribution in [0.2, 0.25) is 5.15 Å². The molecule has 4 nitrogen and oxygen atoms in total. The van der Waals surface area contributed by atoms with Crippen molar-refractivity contribution >= 4 is 11.6 Å². The number of ether oxygens (including phenoxy) is 2. The largest absolute Gasteiger partial charge is 0.483 e. The molecule has 21 heavy (non-hydrogen) atoms. The van der Waals surface area contributed by atoms with Crippen molar-refractivity contribution in [2.75, 3.05) is 0 Å². The van der Waals surface area contributed by atoms with E-state index in [1.54, 1.807) is 6.07 Å². The SMILES string of the molecule is CC1(C)Cc2cccc(Oc3cc(C#N)cc(Cl)n3)c2O1. The summed E-state index contributed by atoms with van der Waals surface area (Å²) in [6, 6.07) is 10.8. The zero-order chi connectivity index (χ0) is 15.0. The molecule has 106 valence electrons. The molecule has 2 heterocycles. The summed E-state index contributed by atoms with van der Waals surface area (Å²) in [6.07, 6.45) is 0.825. The minimum absolute atomic E-state index is 0.220. The average molecular weight is 301 g/mol. The van der Waals surface area contributed by atoms with E-state index in [-0.39, 0.29) is 16.6 Å². The van der Waals surface area contributed by atoms with Gasteiger partial charge in [-0.2, -0.15) is 5.26 Å². The van der Waals surface area contributed by atoms with Gasteiger partial charge < -0.3 is 9.47 Å². The summed E-state index contributed by atoms with van der Waals surface area (Å²) in [5.74, 6) is 1.58. The maximum Gasteiger partial charge on any atom is 0.222 e. The third-order valence-corrected chi connectivity index (χ3v) is 3.36. The number of fused-ring (bicyclic) bond motifs is 1. The van der Waals surface area contributed by atoms with Gasteiger partial charge in [-0.15, -0.1) is 0 Å². The Bertz CT molecular complexity index is 750. The van der Waals surface area contributed by atoms with Crippen molar-refractivity contribution in [1.82, 2.24) is 4.98 Å². The lowest BCUT2D eigenvalue weighted by Gasteiger charge is -2.18. The minimum Gasteiger partial charge on any atom is -0.483 e. The van der Waals surface area contributed by atoms with Gasteiger partial charge in [0.25, 0.3) is 0 Å². The molecule has 3 rings (SSSR count). The first-order valence-electron chi connectivity index (χ1n) is 6.53. The van der Waals surface area contributed by atoms with E-state index in [0.29, 0.717) is 11.3 Å². The van der Waals surface area contributed by atoms with Gasteiger partial charge in [-0.1, -0.05) is 23.7 Å². The lowest BCUT2D eigenvalue weighted by molar-refractivity contribution is 0.135. The molecule has 5 heteroatoms. The van der Waals surface area contributed by atoms with E-state index >= 15 is 0 Å². The summed E-state index contributed by atoms with van der Waals surface area (Å²) in [6.45, 7) is 4.06. The molecule has 1 aromatic carbocycles. The van der Waals surface area contributed by atoms with Gasteiger partial charge in [0.2, 0.25) is 5.88 Å². The molecule has 0 amide bonds. The van der Waals surface area contributed by atoms with Crippen molar-refractivity contribution in [3.63, 3.8) is 0 Å². The van der Waals surface area contributed by atoms with E-state index in [0.717, 1.165) is 17.7 Å². The number of rotatable bonds is 2. The molecule has 0 atom stereocenters. The molecule has 0 unspecified atom stereocenters. The summed E-state index contributed by atoms with van der Waals surface area (Å²) >= 11 is 5.88. The lowest BCUT2D eigenvalue weighted by atomic mass is 10.0. The van der Waals surface area contributed by atoms with Gasteiger partial charge in [-0.05, 0) is 26.0 Å². The van der Waals surface area contributed by atoms with Crippen LogP contribution in [0.25, 0.3) is 0 Å². The highest BCUT2D eigenvalue weighted by molar-refractivity contribution is 6.29. The van der Waals surface area contributed by atoms with Crippen molar-refractivity contribution in [1.29, 1.82) is 5.26 Å². The highest BCUT2D eigenvalue weighted by atomic mass is 35.5. The third-order valence-electron chi connectivity index (χ3n) is 3.17. The smallest absolute Gasteiger partial charge is 0.222 e. The first kappa shape index (κ1) is 13.7. The Morgan fingerprint density at radius 2 is 2.19 bits per heavy atom. The Kier molecular flexibility index (Phi) is 3.23. The number of hydrogen-bond donors (Lipinski definition) is 0.